The van der Waals surface area contributed by atoms with Crippen molar-refractivity contribution in [3.63, 3.8) is 0 Å². The molecule has 3 rings (SSSR count). The Balaban J connectivity index is 1.90. The Kier molecular flexibility index (Phi) is 2.71. The zero-order valence-corrected chi connectivity index (χ0v) is 10.3. The highest BCUT2D eigenvalue weighted by Gasteiger charge is 2.18. The molecule has 0 fully saturated rings. The molecule has 1 aliphatic carbocycles. The second kappa shape index (κ2) is 4.38. The Bertz CT molecular complexity index is 588. The smallest absolute Gasteiger partial charge is 0.339 e. The van der Waals surface area contributed by atoms with Crippen molar-refractivity contribution in [3.8, 4) is 0 Å². The molecular formula is C12H11N3O2S. The molecule has 0 aromatic carbocycles. The number of hydrogen-bond donors (Lipinski definition) is 2. The molecule has 0 saturated heterocycles. The molecule has 0 atom stereocenters. The summed E-state index contributed by atoms with van der Waals surface area (Å²) in [5.41, 5.74) is 1.29. The molecule has 5 nitrogen and oxygen atoms in total. The second-order valence-corrected chi connectivity index (χ2v) is 5.16. The summed E-state index contributed by atoms with van der Waals surface area (Å²) in [6.07, 6.45) is 4.82. The van der Waals surface area contributed by atoms with Gasteiger partial charge in [0, 0.05) is 11.1 Å². The number of pyridine rings is 1. The molecule has 0 spiro atoms. The fourth-order valence-electron chi connectivity index (χ4n) is 2.02. The maximum atomic E-state index is 11.1. The van der Waals surface area contributed by atoms with Crippen LogP contribution in [0.25, 0.3) is 0 Å². The van der Waals surface area contributed by atoms with E-state index < -0.39 is 5.97 Å². The molecule has 0 bridgehead atoms. The average Bonchev–Trinajstić information content (AvgIpc) is 2.90. The fourth-order valence-corrected chi connectivity index (χ4v) is 3.07. The number of nitrogens with zero attached hydrogens (tertiary/aromatic N) is 2. The van der Waals surface area contributed by atoms with Crippen molar-refractivity contribution in [2.24, 2.45) is 0 Å². The largest absolute Gasteiger partial charge is 0.478 e. The van der Waals surface area contributed by atoms with Crippen LogP contribution in [0.15, 0.2) is 18.3 Å². The van der Waals surface area contributed by atoms with Crippen LogP contribution in [0.2, 0.25) is 0 Å². The van der Waals surface area contributed by atoms with Crippen LogP contribution >= 0.6 is 11.3 Å². The van der Waals surface area contributed by atoms with E-state index >= 15 is 0 Å². The average molecular weight is 261 g/mol. The summed E-state index contributed by atoms with van der Waals surface area (Å²) in [4.78, 5) is 20.9. The number of thiazole rings is 1. The van der Waals surface area contributed by atoms with Crippen LogP contribution in [-0.4, -0.2) is 21.0 Å². The first-order valence-electron chi connectivity index (χ1n) is 5.68. The van der Waals surface area contributed by atoms with Crippen LogP contribution in [0.4, 0.5) is 10.9 Å². The Morgan fingerprint density at radius 2 is 2.33 bits per heavy atom. The normalized spacial score (nSPS) is 13.3. The van der Waals surface area contributed by atoms with E-state index in [1.165, 1.54) is 17.4 Å². The van der Waals surface area contributed by atoms with Gasteiger partial charge < -0.3 is 10.4 Å². The zero-order chi connectivity index (χ0) is 12.5. The third-order valence-electron chi connectivity index (χ3n) is 2.86. The van der Waals surface area contributed by atoms with Crippen molar-refractivity contribution >= 4 is 28.3 Å². The van der Waals surface area contributed by atoms with Crippen molar-refractivity contribution in [1.29, 1.82) is 0 Å². The van der Waals surface area contributed by atoms with Gasteiger partial charge in [0.05, 0.1) is 5.69 Å². The van der Waals surface area contributed by atoms with Crippen LogP contribution in [-0.2, 0) is 12.8 Å². The lowest BCUT2D eigenvalue weighted by atomic mass is 10.2. The SMILES string of the molecule is O=C(O)c1cccnc1Nc1nc2c(s1)CCC2. The number of carboxylic acids is 1. The molecule has 1 aliphatic rings. The number of rotatable bonds is 3. The maximum absolute atomic E-state index is 11.1. The van der Waals surface area contributed by atoms with Crippen LogP contribution in [0.1, 0.15) is 27.3 Å². The minimum Gasteiger partial charge on any atom is -0.478 e. The third-order valence-corrected chi connectivity index (χ3v) is 3.93. The predicted octanol–water partition coefficient (Wildman–Crippen LogP) is 2.47. The zero-order valence-electron chi connectivity index (χ0n) is 9.51. The summed E-state index contributed by atoms with van der Waals surface area (Å²) in [5, 5.41) is 12.8. The topological polar surface area (TPSA) is 75.1 Å². The van der Waals surface area contributed by atoms with Gasteiger partial charge in [0.2, 0.25) is 0 Å². The Morgan fingerprint density at radius 1 is 1.44 bits per heavy atom. The summed E-state index contributed by atoms with van der Waals surface area (Å²) < 4.78 is 0. The Morgan fingerprint density at radius 3 is 3.11 bits per heavy atom. The molecule has 92 valence electrons. The van der Waals surface area contributed by atoms with Gasteiger partial charge in [-0.15, -0.1) is 11.3 Å². The molecule has 2 N–H and O–H groups in total. The molecule has 0 unspecified atom stereocenters. The van der Waals surface area contributed by atoms with Crippen LogP contribution < -0.4 is 5.32 Å². The summed E-state index contributed by atoms with van der Waals surface area (Å²) in [6.45, 7) is 0. The summed E-state index contributed by atoms with van der Waals surface area (Å²) in [6, 6.07) is 3.13. The van der Waals surface area contributed by atoms with Crippen LogP contribution in [0.3, 0.4) is 0 Å². The highest BCUT2D eigenvalue weighted by Crippen LogP contribution is 2.32. The molecule has 0 saturated carbocycles. The van der Waals surface area contributed by atoms with Gasteiger partial charge in [-0.3, -0.25) is 0 Å². The van der Waals surface area contributed by atoms with Crippen LogP contribution in [0.5, 0.6) is 0 Å². The van der Waals surface area contributed by atoms with E-state index in [1.807, 2.05) is 0 Å². The number of nitrogens with one attached hydrogen (secondary N) is 1. The molecular weight excluding hydrogens is 250 g/mol. The summed E-state index contributed by atoms with van der Waals surface area (Å²) in [7, 11) is 0. The molecule has 6 heteroatoms. The van der Waals surface area contributed by atoms with E-state index in [9.17, 15) is 4.79 Å². The van der Waals surface area contributed by atoms with Crippen molar-refractivity contribution in [2.75, 3.05) is 5.32 Å². The lowest BCUT2D eigenvalue weighted by molar-refractivity contribution is 0.0697. The number of hydrogen-bond acceptors (Lipinski definition) is 5. The van der Waals surface area contributed by atoms with Crippen molar-refractivity contribution in [3.05, 3.63) is 34.5 Å². The van der Waals surface area contributed by atoms with Gasteiger partial charge in [-0.25, -0.2) is 14.8 Å². The van der Waals surface area contributed by atoms with Crippen molar-refractivity contribution in [2.45, 2.75) is 19.3 Å². The number of carbonyl (C=O) groups is 1. The molecule has 0 aliphatic heterocycles. The highest BCUT2D eigenvalue weighted by atomic mass is 32.1. The summed E-state index contributed by atoms with van der Waals surface area (Å²) >= 11 is 1.58. The van der Waals surface area contributed by atoms with E-state index in [2.05, 4.69) is 15.3 Å². The van der Waals surface area contributed by atoms with E-state index in [0.717, 1.165) is 23.7 Å². The van der Waals surface area contributed by atoms with Crippen LogP contribution in [0, 0.1) is 0 Å². The van der Waals surface area contributed by atoms with Gasteiger partial charge >= 0.3 is 5.97 Å². The summed E-state index contributed by atoms with van der Waals surface area (Å²) in [5.74, 6) is -0.646. The van der Waals surface area contributed by atoms with E-state index in [0.29, 0.717) is 5.82 Å². The molecule has 2 aromatic heterocycles. The van der Waals surface area contributed by atoms with E-state index in [1.54, 1.807) is 23.6 Å². The number of anilines is 2. The van der Waals surface area contributed by atoms with Gasteiger partial charge in [-0.2, -0.15) is 0 Å². The monoisotopic (exact) mass is 261 g/mol. The molecule has 0 amide bonds. The van der Waals surface area contributed by atoms with E-state index in [-0.39, 0.29) is 5.56 Å². The van der Waals surface area contributed by atoms with Gasteiger partial charge in [0.1, 0.15) is 11.4 Å². The number of carboxylic acid groups (broad SMARTS) is 1. The maximum Gasteiger partial charge on any atom is 0.339 e. The first-order chi connectivity index (χ1) is 8.74. The highest BCUT2D eigenvalue weighted by molar-refractivity contribution is 7.15. The molecule has 2 heterocycles. The van der Waals surface area contributed by atoms with Gasteiger partial charge in [-0.05, 0) is 31.4 Å². The van der Waals surface area contributed by atoms with E-state index in [4.69, 9.17) is 5.11 Å². The number of aromatic carboxylic acids is 1. The minimum atomic E-state index is -0.991. The Hall–Kier alpha value is -1.95. The molecule has 0 radical (unpaired) electrons. The number of aromatic nitrogens is 2. The molecule has 2 aromatic rings. The predicted molar refractivity (Wildman–Crippen MR) is 68.6 cm³/mol. The minimum absolute atomic E-state index is 0.160. The first-order valence-corrected chi connectivity index (χ1v) is 6.49. The first kappa shape index (κ1) is 11.2. The van der Waals surface area contributed by atoms with Crippen molar-refractivity contribution in [1.82, 2.24) is 9.97 Å². The Labute approximate surface area is 108 Å². The standard InChI is InChI=1S/C12H11N3O2S/c16-11(17)7-3-2-6-13-10(7)15-12-14-8-4-1-5-9(8)18-12/h2-3,6H,1,4-5H2,(H,16,17)(H,13,14,15). The van der Waals surface area contributed by atoms with Crippen molar-refractivity contribution < 1.29 is 9.90 Å². The lowest BCUT2D eigenvalue weighted by Gasteiger charge is -2.04. The number of aryl methyl sites for hydroxylation is 2. The molecule has 18 heavy (non-hydrogen) atoms. The third kappa shape index (κ3) is 1.95. The number of fused-ring (bicyclic) bond motifs is 1. The quantitative estimate of drug-likeness (QED) is 0.887. The van der Waals surface area contributed by atoms with Gasteiger partial charge in [-0.1, -0.05) is 0 Å². The van der Waals surface area contributed by atoms with Gasteiger partial charge in [0.25, 0.3) is 0 Å². The lowest BCUT2D eigenvalue weighted by Crippen LogP contribution is -2.04. The second-order valence-electron chi connectivity index (χ2n) is 4.07. The van der Waals surface area contributed by atoms with Gasteiger partial charge in [0.15, 0.2) is 5.13 Å². The fraction of sp³-hybridized carbons (Fsp3) is 0.250.